The van der Waals surface area contributed by atoms with E-state index in [9.17, 15) is 9.59 Å². The minimum absolute atomic E-state index is 0.167. The van der Waals surface area contributed by atoms with Crippen molar-refractivity contribution >= 4 is 33.9 Å². The van der Waals surface area contributed by atoms with Gasteiger partial charge in [-0.1, -0.05) is 42.5 Å². The first-order valence-electron chi connectivity index (χ1n) is 8.91. The zero-order valence-corrected chi connectivity index (χ0v) is 16.0. The topological polar surface area (TPSA) is 124 Å². The molecular weight excluding hydrogens is 376 g/mol. The molecule has 1 heterocycles. The van der Waals surface area contributed by atoms with Gasteiger partial charge in [0.2, 0.25) is 5.12 Å². The average Bonchev–Trinajstić information content (AvgIpc) is 3.12. The SMILES string of the molecule is NC(CC[C@H](N)C(=O)Sc1nc2ccccc2[nH]1)C(=O)OCc1ccccc1. The first-order chi connectivity index (χ1) is 13.5. The lowest BCUT2D eigenvalue weighted by Crippen LogP contribution is -2.36. The van der Waals surface area contributed by atoms with Crippen LogP contribution in [0.1, 0.15) is 18.4 Å². The zero-order valence-electron chi connectivity index (χ0n) is 15.2. The number of nitrogens with zero attached hydrogens (tertiary/aromatic N) is 1. The second-order valence-corrected chi connectivity index (χ2v) is 7.36. The zero-order chi connectivity index (χ0) is 19.9. The van der Waals surface area contributed by atoms with Gasteiger partial charge in [0.1, 0.15) is 12.6 Å². The molecule has 0 bridgehead atoms. The highest BCUT2D eigenvalue weighted by Gasteiger charge is 2.21. The lowest BCUT2D eigenvalue weighted by Gasteiger charge is -2.14. The Morgan fingerprint density at radius 2 is 1.68 bits per heavy atom. The standard InChI is InChI=1S/C20H22N4O3S/c21-14(18(25)27-12-13-6-2-1-3-7-13)10-11-15(22)19(26)28-20-23-16-8-4-5-9-17(16)24-20/h1-9,14-15H,10-12,21-22H2,(H,23,24)/t14?,15-/m0/s1. The molecule has 3 rings (SSSR count). The molecule has 1 aromatic heterocycles. The molecule has 0 fully saturated rings. The van der Waals surface area contributed by atoms with E-state index < -0.39 is 18.1 Å². The number of benzene rings is 2. The fraction of sp³-hybridized carbons (Fsp3) is 0.250. The normalized spacial score (nSPS) is 13.2. The molecule has 0 spiro atoms. The summed E-state index contributed by atoms with van der Waals surface area (Å²) in [5, 5.41) is 0.261. The molecule has 0 saturated carbocycles. The Morgan fingerprint density at radius 3 is 2.43 bits per heavy atom. The smallest absolute Gasteiger partial charge is 0.323 e. The Morgan fingerprint density at radius 1 is 1.00 bits per heavy atom. The Balaban J connectivity index is 1.43. The van der Waals surface area contributed by atoms with Gasteiger partial charge in [-0.15, -0.1) is 0 Å². The van der Waals surface area contributed by atoms with E-state index in [1.165, 1.54) is 0 Å². The van der Waals surface area contributed by atoms with Crippen LogP contribution < -0.4 is 11.5 Å². The van der Waals surface area contributed by atoms with Gasteiger partial charge < -0.3 is 21.2 Å². The maximum Gasteiger partial charge on any atom is 0.323 e. The largest absolute Gasteiger partial charge is 0.460 e. The first kappa shape index (κ1) is 20.1. The number of thioether (sulfide) groups is 1. The lowest BCUT2D eigenvalue weighted by molar-refractivity contribution is -0.146. The Kier molecular flexibility index (Phi) is 6.80. The number of ether oxygens (including phenoxy) is 1. The van der Waals surface area contributed by atoms with Crippen molar-refractivity contribution in [3.63, 3.8) is 0 Å². The van der Waals surface area contributed by atoms with E-state index in [0.717, 1.165) is 28.4 Å². The van der Waals surface area contributed by atoms with E-state index in [4.69, 9.17) is 16.2 Å². The van der Waals surface area contributed by atoms with Crippen LogP contribution in [0.5, 0.6) is 0 Å². The fourth-order valence-corrected chi connectivity index (χ4v) is 3.34. The van der Waals surface area contributed by atoms with E-state index in [2.05, 4.69) is 9.97 Å². The van der Waals surface area contributed by atoms with Crippen LogP contribution >= 0.6 is 11.8 Å². The summed E-state index contributed by atoms with van der Waals surface area (Å²) >= 11 is 0.957. The van der Waals surface area contributed by atoms with Crippen LogP contribution in [0.15, 0.2) is 59.8 Å². The number of imidazole rings is 1. The second-order valence-electron chi connectivity index (χ2n) is 6.36. The van der Waals surface area contributed by atoms with Gasteiger partial charge in [-0.2, -0.15) is 0 Å². The average molecular weight is 398 g/mol. The first-order valence-corrected chi connectivity index (χ1v) is 9.73. The number of esters is 1. The van der Waals surface area contributed by atoms with E-state index in [1.54, 1.807) is 0 Å². The number of aromatic amines is 1. The number of fused-ring (bicyclic) bond motifs is 1. The van der Waals surface area contributed by atoms with Gasteiger partial charge in [0, 0.05) is 0 Å². The fourth-order valence-electron chi connectivity index (χ4n) is 2.58. The number of nitrogens with one attached hydrogen (secondary N) is 1. The lowest BCUT2D eigenvalue weighted by atomic mass is 10.1. The molecule has 7 nitrogen and oxygen atoms in total. The molecular formula is C20H22N4O3S. The van der Waals surface area contributed by atoms with Crippen molar-refractivity contribution < 1.29 is 14.3 Å². The summed E-state index contributed by atoms with van der Waals surface area (Å²) in [6.45, 7) is 0.167. The number of para-hydroxylation sites is 2. The van der Waals surface area contributed by atoms with Gasteiger partial charge in [0.15, 0.2) is 5.16 Å². The molecule has 0 aliphatic carbocycles. The van der Waals surface area contributed by atoms with E-state index in [1.807, 2.05) is 54.6 Å². The molecule has 3 aromatic rings. The van der Waals surface area contributed by atoms with Gasteiger partial charge in [0.25, 0.3) is 0 Å². The van der Waals surface area contributed by atoms with E-state index in [-0.39, 0.29) is 24.6 Å². The number of rotatable bonds is 8. The third kappa shape index (κ3) is 5.41. The molecule has 146 valence electrons. The van der Waals surface area contributed by atoms with Crippen LogP contribution in [0.3, 0.4) is 0 Å². The van der Waals surface area contributed by atoms with Gasteiger partial charge >= 0.3 is 5.97 Å². The summed E-state index contributed by atoms with van der Waals surface area (Å²) in [6.07, 6.45) is 0.550. The molecule has 5 N–H and O–H groups in total. The summed E-state index contributed by atoms with van der Waals surface area (Å²) < 4.78 is 5.20. The van der Waals surface area contributed by atoms with Crippen LogP contribution in [-0.2, 0) is 20.9 Å². The Hall–Kier alpha value is -2.68. The third-order valence-electron chi connectivity index (χ3n) is 4.18. The van der Waals surface area contributed by atoms with Crippen LogP contribution in [0, 0.1) is 0 Å². The molecule has 0 aliphatic rings. The van der Waals surface area contributed by atoms with Crippen molar-refractivity contribution in [2.45, 2.75) is 36.7 Å². The highest BCUT2D eigenvalue weighted by molar-refractivity contribution is 8.13. The van der Waals surface area contributed by atoms with Crippen molar-refractivity contribution in [1.29, 1.82) is 0 Å². The molecule has 0 aliphatic heterocycles. The van der Waals surface area contributed by atoms with Crippen molar-refractivity contribution in [3.05, 3.63) is 60.2 Å². The highest BCUT2D eigenvalue weighted by Crippen LogP contribution is 2.21. The second kappa shape index (κ2) is 9.50. The molecule has 0 radical (unpaired) electrons. The molecule has 0 amide bonds. The molecule has 28 heavy (non-hydrogen) atoms. The van der Waals surface area contributed by atoms with Crippen LogP contribution in [0.2, 0.25) is 0 Å². The summed E-state index contributed by atoms with van der Waals surface area (Å²) in [5.41, 5.74) is 14.3. The number of carbonyl (C=O) groups excluding carboxylic acids is 2. The number of carbonyl (C=O) groups is 2. The van der Waals surface area contributed by atoms with Gasteiger partial charge in [-0.05, 0) is 42.3 Å². The van der Waals surface area contributed by atoms with Crippen LogP contribution in [0.25, 0.3) is 11.0 Å². The molecule has 0 saturated heterocycles. The quantitative estimate of drug-likeness (QED) is 0.393. The van der Waals surface area contributed by atoms with Gasteiger partial charge in [-0.25, -0.2) is 4.98 Å². The van der Waals surface area contributed by atoms with Crippen molar-refractivity contribution in [1.82, 2.24) is 9.97 Å². The summed E-state index contributed by atoms with van der Waals surface area (Å²) in [7, 11) is 0. The maximum absolute atomic E-state index is 12.3. The van der Waals surface area contributed by atoms with Crippen LogP contribution in [-0.4, -0.2) is 33.1 Å². The minimum Gasteiger partial charge on any atom is -0.460 e. The predicted octanol–water partition coefficient (Wildman–Crippen LogP) is 2.36. The molecule has 8 heteroatoms. The Labute approximate surface area is 166 Å². The summed E-state index contributed by atoms with van der Waals surface area (Å²) in [5.74, 6) is -0.506. The van der Waals surface area contributed by atoms with Crippen LogP contribution in [0.4, 0.5) is 0 Å². The molecule has 1 unspecified atom stereocenters. The van der Waals surface area contributed by atoms with E-state index in [0.29, 0.717) is 5.16 Å². The van der Waals surface area contributed by atoms with Gasteiger partial charge in [-0.3, -0.25) is 9.59 Å². The monoisotopic (exact) mass is 398 g/mol. The predicted molar refractivity (Wildman–Crippen MR) is 108 cm³/mol. The molecule has 2 aromatic carbocycles. The molecule has 2 atom stereocenters. The van der Waals surface area contributed by atoms with Crippen molar-refractivity contribution in [2.75, 3.05) is 0 Å². The number of hydrogen-bond acceptors (Lipinski definition) is 7. The third-order valence-corrected chi connectivity index (χ3v) is 5.07. The minimum atomic E-state index is -0.821. The van der Waals surface area contributed by atoms with Crippen molar-refractivity contribution in [2.24, 2.45) is 11.5 Å². The Bertz CT molecular complexity index is 912. The van der Waals surface area contributed by atoms with E-state index >= 15 is 0 Å². The number of nitrogens with two attached hydrogens (primary N) is 2. The maximum atomic E-state index is 12.3. The number of aromatic nitrogens is 2. The number of H-pyrrole nitrogens is 1. The highest BCUT2D eigenvalue weighted by atomic mass is 32.2. The van der Waals surface area contributed by atoms with Crippen molar-refractivity contribution in [3.8, 4) is 0 Å². The summed E-state index contributed by atoms with van der Waals surface area (Å²) in [6, 6.07) is 15.3. The number of hydrogen-bond donors (Lipinski definition) is 3. The summed E-state index contributed by atoms with van der Waals surface area (Å²) in [4.78, 5) is 31.7. The van der Waals surface area contributed by atoms with Gasteiger partial charge in [0.05, 0.1) is 17.1 Å².